The van der Waals surface area contributed by atoms with Crippen LogP contribution in [-0.2, 0) is 14.4 Å². The van der Waals surface area contributed by atoms with E-state index in [4.69, 9.17) is 9.90 Å². The Morgan fingerprint density at radius 1 is 1.25 bits per heavy atom. The summed E-state index contributed by atoms with van der Waals surface area (Å²) in [5.74, 6) is 0.421. The van der Waals surface area contributed by atoms with Crippen molar-refractivity contribution in [3.8, 4) is 0 Å². The molecule has 1 N–H and O–H groups in total. The predicted molar refractivity (Wildman–Crippen MR) is 46.0 cm³/mol. The van der Waals surface area contributed by atoms with Crippen LogP contribution in [-0.4, -0.2) is 23.1 Å². The highest BCUT2D eigenvalue weighted by molar-refractivity contribution is 5.74. The highest BCUT2D eigenvalue weighted by Crippen LogP contribution is 1.71. The van der Waals surface area contributed by atoms with Crippen molar-refractivity contribution in [1.29, 1.82) is 0 Å². The van der Waals surface area contributed by atoms with E-state index in [-0.39, 0.29) is 18.0 Å². The average molecular weight is 176 g/mol. The number of hydrogen-bond donors (Lipinski definition) is 1. The van der Waals surface area contributed by atoms with Crippen LogP contribution >= 0.6 is 0 Å². The van der Waals surface area contributed by atoms with Gasteiger partial charge in [-0.2, -0.15) is 0 Å². The van der Waals surface area contributed by atoms with E-state index in [9.17, 15) is 9.59 Å². The van der Waals surface area contributed by atoms with Gasteiger partial charge in [0.05, 0.1) is 0 Å². The first-order chi connectivity index (χ1) is 5.42. The van der Waals surface area contributed by atoms with Crippen LogP contribution in [0, 0.1) is 0 Å². The molecule has 72 valence electrons. The molecule has 0 bridgehead atoms. The third kappa shape index (κ3) is 819. The molecule has 0 heterocycles. The first-order valence-corrected chi connectivity index (χ1v) is 3.46. The molecule has 0 aromatic heterocycles. The maximum atomic E-state index is 9.81. The van der Waals surface area contributed by atoms with Crippen LogP contribution < -0.4 is 0 Å². The molecule has 0 amide bonds. The molecule has 4 nitrogen and oxygen atoms in total. The van der Waals surface area contributed by atoms with Gasteiger partial charge in [0.1, 0.15) is 11.6 Å². The van der Waals surface area contributed by atoms with E-state index < -0.39 is 0 Å². The number of carbonyl (C=O) groups excluding carboxylic acids is 2. The molecule has 0 aliphatic rings. The molecular formula is C8H16O4. The summed E-state index contributed by atoms with van der Waals surface area (Å²) in [7, 11) is 0. The molecule has 0 aliphatic heterocycles. The van der Waals surface area contributed by atoms with Crippen molar-refractivity contribution in [2.75, 3.05) is 0 Å². The summed E-state index contributed by atoms with van der Waals surface area (Å²) in [6.07, 6.45) is 0.667. The van der Waals surface area contributed by atoms with Crippen LogP contribution in [0.4, 0.5) is 0 Å². The molecular weight excluding hydrogens is 160 g/mol. The standard InChI is InChI=1S/C4H8O.C3H6O.CH2O2/c1-3-4(2)5;1-3(2)4;2-1-3/h3H2,1-2H3;1-2H3;1H,(H,2,3). The zero-order valence-corrected chi connectivity index (χ0v) is 7.96. The summed E-state index contributed by atoms with van der Waals surface area (Å²) in [4.78, 5) is 27.6. The number of carboxylic acid groups (broad SMARTS) is 1. The van der Waals surface area contributed by atoms with Gasteiger partial charge < -0.3 is 14.7 Å². The van der Waals surface area contributed by atoms with Crippen molar-refractivity contribution < 1.29 is 19.5 Å². The van der Waals surface area contributed by atoms with E-state index in [1.54, 1.807) is 6.92 Å². The number of Topliss-reactive ketones (excluding diaryl/α,β-unsaturated/α-hetero) is 2. The molecule has 4 heteroatoms. The Kier molecular flexibility index (Phi) is 23.3. The Morgan fingerprint density at radius 2 is 1.33 bits per heavy atom. The molecule has 0 aliphatic carbocycles. The van der Waals surface area contributed by atoms with E-state index in [1.165, 1.54) is 13.8 Å². The normalized spacial score (nSPS) is 6.33. The van der Waals surface area contributed by atoms with Crippen LogP contribution in [0.2, 0.25) is 0 Å². The minimum atomic E-state index is -0.250. The summed E-state index contributed by atoms with van der Waals surface area (Å²) in [5, 5.41) is 6.89. The summed E-state index contributed by atoms with van der Waals surface area (Å²) in [6.45, 7) is 6.24. The minimum absolute atomic E-state index is 0.167. The molecule has 0 saturated heterocycles. The van der Waals surface area contributed by atoms with Crippen molar-refractivity contribution in [2.24, 2.45) is 0 Å². The van der Waals surface area contributed by atoms with Crippen molar-refractivity contribution in [1.82, 2.24) is 0 Å². The number of hydrogen-bond acceptors (Lipinski definition) is 3. The molecule has 0 radical (unpaired) electrons. The Morgan fingerprint density at radius 3 is 1.33 bits per heavy atom. The van der Waals surface area contributed by atoms with Crippen LogP contribution in [0.5, 0.6) is 0 Å². The highest BCUT2D eigenvalue weighted by atomic mass is 16.3. The van der Waals surface area contributed by atoms with Gasteiger partial charge in [0.15, 0.2) is 0 Å². The third-order valence-electron chi connectivity index (χ3n) is 0.498. The van der Waals surface area contributed by atoms with Crippen molar-refractivity contribution >= 4 is 18.0 Å². The van der Waals surface area contributed by atoms with E-state index >= 15 is 0 Å². The van der Waals surface area contributed by atoms with Crippen LogP contribution in [0.25, 0.3) is 0 Å². The molecule has 0 fully saturated rings. The predicted octanol–water partition coefficient (Wildman–Crippen LogP) is 1.28. The molecule has 0 spiro atoms. The first kappa shape index (κ1) is 17.1. The average Bonchev–Trinajstić information content (AvgIpc) is 1.88. The van der Waals surface area contributed by atoms with Gasteiger partial charge in [-0.05, 0) is 20.8 Å². The Balaban J connectivity index is -0.000000105. The zero-order chi connectivity index (χ0) is 10.6. The summed E-state index contributed by atoms with van der Waals surface area (Å²) in [5.41, 5.74) is 0. The molecule has 0 saturated carbocycles. The third-order valence-corrected chi connectivity index (χ3v) is 0.498. The van der Waals surface area contributed by atoms with Crippen molar-refractivity contribution in [2.45, 2.75) is 34.1 Å². The van der Waals surface area contributed by atoms with E-state index in [1.807, 2.05) is 6.92 Å². The second kappa shape index (κ2) is 16.4. The van der Waals surface area contributed by atoms with Crippen LogP contribution in [0.1, 0.15) is 34.1 Å². The molecule has 0 aromatic carbocycles. The summed E-state index contributed by atoms with van der Waals surface area (Å²) >= 11 is 0. The monoisotopic (exact) mass is 176 g/mol. The van der Waals surface area contributed by atoms with Crippen molar-refractivity contribution in [3.63, 3.8) is 0 Å². The van der Waals surface area contributed by atoms with Gasteiger partial charge in [0, 0.05) is 6.42 Å². The fourth-order valence-corrected chi connectivity index (χ4v) is 0. The summed E-state index contributed by atoms with van der Waals surface area (Å²) < 4.78 is 0. The lowest BCUT2D eigenvalue weighted by Crippen LogP contribution is -1.80. The maximum absolute atomic E-state index is 9.81. The number of carbonyl (C=O) groups is 3. The van der Waals surface area contributed by atoms with Crippen molar-refractivity contribution in [3.05, 3.63) is 0 Å². The largest absolute Gasteiger partial charge is 0.483 e. The van der Waals surface area contributed by atoms with Gasteiger partial charge in [-0.25, -0.2) is 0 Å². The molecule has 0 atom stereocenters. The maximum Gasteiger partial charge on any atom is 0.290 e. The quantitative estimate of drug-likeness (QED) is 0.611. The number of rotatable bonds is 1. The SMILES string of the molecule is CC(C)=O.CCC(C)=O.O=CO. The topological polar surface area (TPSA) is 71.4 Å². The van der Waals surface area contributed by atoms with E-state index in [2.05, 4.69) is 0 Å². The van der Waals surface area contributed by atoms with E-state index in [0.717, 1.165) is 0 Å². The van der Waals surface area contributed by atoms with Crippen LogP contribution in [0.15, 0.2) is 0 Å². The number of ketones is 2. The molecule has 0 unspecified atom stereocenters. The minimum Gasteiger partial charge on any atom is -0.483 e. The highest BCUT2D eigenvalue weighted by Gasteiger charge is 1.76. The van der Waals surface area contributed by atoms with Gasteiger partial charge in [-0.1, -0.05) is 6.92 Å². The lowest BCUT2D eigenvalue weighted by molar-refractivity contribution is -0.123. The first-order valence-electron chi connectivity index (χ1n) is 3.46. The summed E-state index contributed by atoms with van der Waals surface area (Å²) in [6, 6.07) is 0. The molecule has 0 rings (SSSR count). The fourth-order valence-electron chi connectivity index (χ4n) is 0. The second-order valence-electron chi connectivity index (χ2n) is 2.07. The van der Waals surface area contributed by atoms with Gasteiger partial charge in [0.2, 0.25) is 0 Å². The second-order valence-corrected chi connectivity index (χ2v) is 2.07. The fraction of sp³-hybridized carbons (Fsp3) is 0.625. The molecule has 12 heavy (non-hydrogen) atoms. The van der Waals surface area contributed by atoms with Gasteiger partial charge >= 0.3 is 0 Å². The Labute approximate surface area is 72.6 Å². The Bertz CT molecular complexity index is 125. The molecule has 0 aromatic rings. The van der Waals surface area contributed by atoms with Gasteiger partial charge in [0.25, 0.3) is 6.47 Å². The smallest absolute Gasteiger partial charge is 0.290 e. The van der Waals surface area contributed by atoms with Crippen LogP contribution in [0.3, 0.4) is 0 Å². The zero-order valence-electron chi connectivity index (χ0n) is 7.96. The van der Waals surface area contributed by atoms with Gasteiger partial charge in [-0.15, -0.1) is 0 Å². The van der Waals surface area contributed by atoms with Gasteiger partial charge in [-0.3, -0.25) is 4.79 Å². The lowest BCUT2D eigenvalue weighted by atomic mass is 10.4. The lowest BCUT2D eigenvalue weighted by Gasteiger charge is -1.71. The Hall–Kier alpha value is -1.19. The van der Waals surface area contributed by atoms with E-state index in [0.29, 0.717) is 6.42 Å².